The molecule has 2 aliphatic rings. The van der Waals surface area contributed by atoms with E-state index in [0.717, 1.165) is 43.5 Å². The van der Waals surface area contributed by atoms with Crippen LogP contribution in [0.3, 0.4) is 0 Å². The number of rotatable bonds is 4. The monoisotopic (exact) mass is 370 g/mol. The molecule has 0 aromatic heterocycles. The molecule has 1 aliphatic heterocycles. The molecule has 0 unspecified atom stereocenters. The third kappa shape index (κ3) is 4.71. The summed E-state index contributed by atoms with van der Waals surface area (Å²) in [7, 11) is 0. The van der Waals surface area contributed by atoms with Gasteiger partial charge in [-0.05, 0) is 42.8 Å². The normalized spacial score (nSPS) is 19.4. The average molecular weight is 371 g/mol. The van der Waals surface area contributed by atoms with Crippen LogP contribution in [0.15, 0.2) is 23.3 Å². The molecule has 3 N–H and O–H groups in total. The second-order valence-electron chi connectivity index (χ2n) is 6.94. The van der Waals surface area contributed by atoms with Gasteiger partial charge in [0.2, 0.25) is 0 Å². The molecule has 0 spiro atoms. The van der Waals surface area contributed by atoms with E-state index in [-0.39, 0.29) is 5.11 Å². The zero-order valence-corrected chi connectivity index (χ0v) is 15.8. The topological polar surface area (TPSA) is 80.7 Å². The molecular weight excluding hydrogens is 344 g/mol. The summed E-state index contributed by atoms with van der Waals surface area (Å²) < 4.78 is 0. The molecule has 1 saturated heterocycles. The molecule has 1 aromatic rings. The summed E-state index contributed by atoms with van der Waals surface area (Å²) in [6.07, 6.45) is 8.44. The smallest absolute Gasteiger partial charge is 0.184 e. The molecule has 1 saturated carbocycles. The molecule has 1 heterocycles. The molecule has 6 nitrogen and oxygen atoms in total. The van der Waals surface area contributed by atoms with E-state index >= 15 is 0 Å². The Hall–Kier alpha value is -2.17. The van der Waals surface area contributed by atoms with Gasteiger partial charge in [-0.15, -0.1) is 0 Å². The van der Waals surface area contributed by atoms with E-state index in [2.05, 4.69) is 26.4 Å². The lowest BCUT2D eigenvalue weighted by atomic mass is 9.94. The highest BCUT2D eigenvalue weighted by Gasteiger charge is 2.25. The Kier molecular flexibility index (Phi) is 6.42. The van der Waals surface area contributed by atoms with Crippen molar-refractivity contribution >= 4 is 29.2 Å². The molecule has 1 aliphatic carbocycles. The molecule has 0 radical (unpaired) electrons. The first-order valence-electron chi connectivity index (χ1n) is 9.29. The van der Waals surface area contributed by atoms with Crippen LogP contribution >= 0.6 is 12.2 Å². The fraction of sp³-hybridized carbons (Fsp3) is 0.526. The average Bonchev–Trinajstić information content (AvgIpc) is 2.68. The van der Waals surface area contributed by atoms with E-state index in [1.165, 1.54) is 32.1 Å². The number of nitrogens with one attached hydrogen (secondary N) is 1. The van der Waals surface area contributed by atoms with E-state index in [0.29, 0.717) is 5.56 Å². The fourth-order valence-corrected chi connectivity index (χ4v) is 4.00. The van der Waals surface area contributed by atoms with Gasteiger partial charge in [0.25, 0.3) is 0 Å². The maximum atomic E-state index is 9.56. The van der Waals surface area contributed by atoms with Gasteiger partial charge in [0, 0.05) is 32.2 Å². The number of hydrogen-bond acceptors (Lipinski definition) is 5. The fourth-order valence-electron chi connectivity index (χ4n) is 3.94. The van der Waals surface area contributed by atoms with Crippen molar-refractivity contribution in [3.8, 4) is 6.07 Å². The first-order chi connectivity index (χ1) is 12.7. The van der Waals surface area contributed by atoms with Gasteiger partial charge < -0.3 is 10.6 Å². The lowest BCUT2D eigenvalue weighted by Crippen LogP contribution is -2.51. The third-order valence-electron chi connectivity index (χ3n) is 5.28. The lowest BCUT2D eigenvalue weighted by molar-refractivity contribution is 0.148. The molecule has 1 aromatic carbocycles. The SMILES string of the molecule is N#Cc1cc(C=NNC(N)=S)ccc1N1CCN(C2CCCCC2)CC1. The van der Waals surface area contributed by atoms with E-state index in [4.69, 9.17) is 18.0 Å². The number of nitrogens with zero attached hydrogens (tertiary/aromatic N) is 4. The number of hydrazone groups is 1. The van der Waals surface area contributed by atoms with E-state index in [1.807, 2.05) is 18.2 Å². The van der Waals surface area contributed by atoms with Gasteiger partial charge in [-0.1, -0.05) is 25.3 Å². The molecule has 3 rings (SSSR count). The van der Waals surface area contributed by atoms with Crippen LogP contribution < -0.4 is 16.1 Å². The summed E-state index contributed by atoms with van der Waals surface area (Å²) in [5, 5.41) is 13.6. The molecule has 0 amide bonds. The lowest BCUT2D eigenvalue weighted by Gasteiger charge is -2.41. The van der Waals surface area contributed by atoms with Crippen molar-refractivity contribution in [1.82, 2.24) is 10.3 Å². The third-order valence-corrected chi connectivity index (χ3v) is 5.37. The van der Waals surface area contributed by atoms with Crippen LogP contribution in [0.4, 0.5) is 5.69 Å². The Balaban J connectivity index is 1.63. The quantitative estimate of drug-likeness (QED) is 0.480. The van der Waals surface area contributed by atoms with Gasteiger partial charge in [-0.3, -0.25) is 10.3 Å². The number of benzene rings is 1. The summed E-state index contributed by atoms with van der Waals surface area (Å²) in [6.45, 7) is 4.11. The molecule has 7 heteroatoms. The van der Waals surface area contributed by atoms with Crippen LogP contribution in [0.25, 0.3) is 0 Å². The van der Waals surface area contributed by atoms with Crippen molar-refractivity contribution < 1.29 is 0 Å². The number of anilines is 1. The minimum atomic E-state index is 0.120. The Labute approximate surface area is 160 Å². The number of piperazine rings is 1. The zero-order chi connectivity index (χ0) is 18.4. The van der Waals surface area contributed by atoms with Gasteiger partial charge in [-0.25, -0.2) is 0 Å². The van der Waals surface area contributed by atoms with E-state index in [1.54, 1.807) is 6.21 Å². The maximum Gasteiger partial charge on any atom is 0.184 e. The molecule has 26 heavy (non-hydrogen) atoms. The molecule has 2 fully saturated rings. The van der Waals surface area contributed by atoms with Crippen LogP contribution in [0.2, 0.25) is 0 Å². The van der Waals surface area contributed by atoms with E-state index in [9.17, 15) is 5.26 Å². The van der Waals surface area contributed by atoms with Crippen LogP contribution in [-0.4, -0.2) is 48.4 Å². The summed E-state index contributed by atoms with van der Waals surface area (Å²) in [6, 6.07) is 8.92. The zero-order valence-electron chi connectivity index (χ0n) is 15.0. The van der Waals surface area contributed by atoms with Crippen LogP contribution in [0.5, 0.6) is 0 Å². The van der Waals surface area contributed by atoms with Crippen molar-refractivity contribution in [2.24, 2.45) is 10.8 Å². The number of hydrogen-bond donors (Lipinski definition) is 2. The number of nitrogens with two attached hydrogens (primary N) is 1. The Morgan fingerprint density at radius 1 is 1.23 bits per heavy atom. The van der Waals surface area contributed by atoms with Gasteiger partial charge in [0.1, 0.15) is 6.07 Å². The minimum Gasteiger partial charge on any atom is -0.375 e. The van der Waals surface area contributed by atoms with Gasteiger partial charge in [0.05, 0.1) is 17.5 Å². The second kappa shape index (κ2) is 8.97. The highest BCUT2D eigenvalue weighted by atomic mass is 32.1. The summed E-state index contributed by atoms with van der Waals surface area (Å²) in [4.78, 5) is 4.97. The van der Waals surface area contributed by atoms with Crippen LogP contribution in [0, 0.1) is 11.3 Å². The van der Waals surface area contributed by atoms with Crippen LogP contribution in [-0.2, 0) is 0 Å². The summed E-state index contributed by atoms with van der Waals surface area (Å²) in [5.74, 6) is 0. The largest absolute Gasteiger partial charge is 0.375 e. The standard InChI is InChI=1S/C19H26N6S/c20-13-16-12-15(14-22-23-19(21)26)6-7-18(16)25-10-8-24(9-11-25)17-4-2-1-3-5-17/h6-7,12,14,17H,1-5,8-11H2,(H3,21,23,26). The Bertz CT molecular complexity index is 696. The van der Waals surface area contributed by atoms with Gasteiger partial charge in [-0.2, -0.15) is 10.4 Å². The van der Waals surface area contributed by atoms with Crippen molar-refractivity contribution in [1.29, 1.82) is 5.26 Å². The predicted octanol–water partition coefficient (Wildman–Crippen LogP) is 2.18. The van der Waals surface area contributed by atoms with Gasteiger partial charge in [0.15, 0.2) is 5.11 Å². The highest BCUT2D eigenvalue weighted by molar-refractivity contribution is 7.80. The highest BCUT2D eigenvalue weighted by Crippen LogP contribution is 2.26. The van der Waals surface area contributed by atoms with Crippen LogP contribution in [0.1, 0.15) is 43.2 Å². The Morgan fingerprint density at radius 3 is 2.62 bits per heavy atom. The van der Waals surface area contributed by atoms with Gasteiger partial charge >= 0.3 is 0 Å². The number of nitriles is 1. The molecule has 0 atom stereocenters. The van der Waals surface area contributed by atoms with Crippen molar-refractivity contribution in [3.63, 3.8) is 0 Å². The van der Waals surface area contributed by atoms with E-state index < -0.39 is 0 Å². The molecular formula is C19H26N6S. The summed E-state index contributed by atoms with van der Waals surface area (Å²) >= 11 is 4.71. The predicted molar refractivity (Wildman–Crippen MR) is 109 cm³/mol. The molecule has 138 valence electrons. The van der Waals surface area contributed by atoms with Crippen molar-refractivity contribution in [2.75, 3.05) is 31.1 Å². The Morgan fingerprint density at radius 2 is 1.96 bits per heavy atom. The van der Waals surface area contributed by atoms with Crippen molar-refractivity contribution in [3.05, 3.63) is 29.3 Å². The first kappa shape index (κ1) is 18.6. The first-order valence-corrected chi connectivity index (χ1v) is 9.70. The summed E-state index contributed by atoms with van der Waals surface area (Å²) in [5.41, 5.74) is 10.4. The maximum absolute atomic E-state index is 9.56. The number of thiocarbonyl (C=S) groups is 1. The van der Waals surface area contributed by atoms with Crippen molar-refractivity contribution in [2.45, 2.75) is 38.1 Å². The minimum absolute atomic E-state index is 0.120. The second-order valence-corrected chi connectivity index (χ2v) is 7.38. The molecule has 0 bridgehead atoms.